The Hall–Kier alpha value is -2.37. The number of nitrogens with two attached hydrogens (primary N) is 1. The third-order valence-electron chi connectivity index (χ3n) is 5.67. The highest BCUT2D eigenvalue weighted by atomic mass is 127. The van der Waals surface area contributed by atoms with Crippen molar-refractivity contribution >= 4 is 39.9 Å². The summed E-state index contributed by atoms with van der Waals surface area (Å²) in [6, 6.07) is 6.16. The Labute approximate surface area is 190 Å². The van der Waals surface area contributed by atoms with Crippen molar-refractivity contribution in [3.63, 3.8) is 0 Å². The summed E-state index contributed by atoms with van der Waals surface area (Å²) in [5.74, 6) is -3.77. The molecule has 2 aliphatic rings. The molecule has 1 saturated heterocycles. The van der Waals surface area contributed by atoms with Gasteiger partial charge < -0.3 is 21.1 Å². The normalized spacial score (nSPS) is 21.7. The highest BCUT2D eigenvalue weighted by molar-refractivity contribution is 14.1. The summed E-state index contributed by atoms with van der Waals surface area (Å²) in [6.45, 7) is -0.145. The van der Waals surface area contributed by atoms with Gasteiger partial charge in [0.05, 0.1) is 35.6 Å². The van der Waals surface area contributed by atoms with E-state index in [0.29, 0.717) is 9.99 Å². The van der Waals surface area contributed by atoms with E-state index in [0.717, 1.165) is 12.1 Å². The number of benzene rings is 2. The number of hydrogen-bond acceptors (Lipinski definition) is 4. The summed E-state index contributed by atoms with van der Waals surface area (Å²) in [5.41, 5.74) is 3.19. The zero-order valence-electron chi connectivity index (χ0n) is 16.2. The van der Waals surface area contributed by atoms with Gasteiger partial charge in [0.25, 0.3) is 5.91 Å². The Balaban J connectivity index is 1.60. The summed E-state index contributed by atoms with van der Waals surface area (Å²) < 4.78 is 43.4. The second-order valence-corrected chi connectivity index (χ2v) is 9.00. The van der Waals surface area contributed by atoms with Crippen LogP contribution in [-0.4, -0.2) is 40.1 Å². The van der Waals surface area contributed by atoms with Gasteiger partial charge in [-0.25, -0.2) is 13.2 Å². The molecule has 0 radical (unpaired) electrons. The number of hydrogen-bond donors (Lipinski definition) is 3. The zero-order valence-corrected chi connectivity index (χ0v) is 18.4. The van der Waals surface area contributed by atoms with Gasteiger partial charge >= 0.3 is 0 Å². The van der Waals surface area contributed by atoms with Crippen molar-refractivity contribution in [3.05, 3.63) is 81.2 Å². The number of likely N-dealkylation sites (tertiary alicyclic amines) is 1. The zero-order chi connectivity index (χ0) is 22.4. The Morgan fingerprint density at radius 2 is 1.87 bits per heavy atom. The number of nitrogens with one attached hydrogen (secondary N) is 1. The largest absolute Gasteiger partial charge is 0.384 e. The number of halogens is 4. The van der Waals surface area contributed by atoms with E-state index in [1.807, 2.05) is 34.7 Å². The molecule has 1 heterocycles. The maximum Gasteiger partial charge on any atom is 0.256 e. The predicted molar refractivity (Wildman–Crippen MR) is 119 cm³/mol. The summed E-state index contributed by atoms with van der Waals surface area (Å²) in [6.07, 6.45) is 7.48. The molecule has 0 saturated carbocycles. The third-order valence-corrected chi connectivity index (χ3v) is 6.34. The summed E-state index contributed by atoms with van der Waals surface area (Å²) in [7, 11) is 0. The minimum atomic E-state index is -1.35. The first-order valence-corrected chi connectivity index (χ1v) is 10.6. The summed E-state index contributed by atoms with van der Waals surface area (Å²) >= 11 is 1.92. The molecule has 1 atom stereocenters. The quantitative estimate of drug-likeness (QED) is 0.515. The van der Waals surface area contributed by atoms with Crippen LogP contribution in [0.15, 0.2) is 54.6 Å². The summed E-state index contributed by atoms with van der Waals surface area (Å²) in [5, 5.41) is 13.4. The SMILES string of the molecule is N[C@]1(C2(O)CN(C(=O)c3ccc(F)c(F)c3Nc3ccc(I)cc3F)C2)C=CC=CC1. The molecule has 1 aliphatic heterocycles. The monoisotopic (exact) mass is 541 g/mol. The second-order valence-electron chi connectivity index (χ2n) is 7.76. The van der Waals surface area contributed by atoms with E-state index < -0.39 is 40.2 Å². The van der Waals surface area contributed by atoms with Crippen LogP contribution in [0.25, 0.3) is 0 Å². The topological polar surface area (TPSA) is 78.6 Å². The fourth-order valence-electron chi connectivity index (χ4n) is 3.75. The molecular weight excluding hydrogens is 522 g/mol. The Bertz CT molecular complexity index is 1120. The van der Waals surface area contributed by atoms with E-state index in [1.54, 1.807) is 18.2 Å². The number of allylic oxidation sites excluding steroid dienone is 2. The fourth-order valence-corrected chi connectivity index (χ4v) is 4.21. The molecule has 162 valence electrons. The molecule has 0 aromatic heterocycles. The van der Waals surface area contributed by atoms with Crippen LogP contribution in [0.2, 0.25) is 0 Å². The molecule has 1 fully saturated rings. The Morgan fingerprint density at radius 1 is 1.13 bits per heavy atom. The minimum Gasteiger partial charge on any atom is -0.384 e. The first kappa shape index (κ1) is 21.8. The van der Waals surface area contributed by atoms with E-state index in [9.17, 15) is 23.1 Å². The molecule has 4 N–H and O–H groups in total. The van der Waals surface area contributed by atoms with Crippen molar-refractivity contribution in [1.82, 2.24) is 4.90 Å². The fraction of sp³-hybridized carbons (Fsp3) is 0.227. The lowest BCUT2D eigenvalue weighted by Crippen LogP contribution is -2.76. The Kier molecular flexibility index (Phi) is 5.61. The maximum atomic E-state index is 14.6. The number of carbonyl (C=O) groups is 1. The molecule has 1 amide bonds. The molecule has 2 aromatic carbocycles. The number of amides is 1. The number of aliphatic hydroxyl groups is 1. The van der Waals surface area contributed by atoms with Crippen LogP contribution < -0.4 is 11.1 Å². The lowest BCUT2D eigenvalue weighted by atomic mass is 9.71. The van der Waals surface area contributed by atoms with Crippen LogP contribution in [0.4, 0.5) is 24.5 Å². The van der Waals surface area contributed by atoms with Crippen LogP contribution >= 0.6 is 22.6 Å². The molecule has 1 aliphatic carbocycles. The second kappa shape index (κ2) is 7.95. The number of nitrogens with zero attached hydrogens (tertiary/aromatic N) is 1. The molecule has 0 unspecified atom stereocenters. The van der Waals surface area contributed by atoms with Gasteiger partial charge in [-0.3, -0.25) is 4.79 Å². The van der Waals surface area contributed by atoms with Gasteiger partial charge in [-0.05, 0) is 59.3 Å². The molecule has 9 heteroatoms. The number of anilines is 2. The van der Waals surface area contributed by atoms with Gasteiger partial charge in [0.1, 0.15) is 11.4 Å². The predicted octanol–water partition coefficient (Wildman–Crippen LogP) is 3.85. The van der Waals surface area contributed by atoms with E-state index >= 15 is 0 Å². The third kappa shape index (κ3) is 3.85. The number of β-amino-alcohol motifs (C(OH)–C–C–N with tert-alkyl or cyclic N) is 1. The lowest BCUT2D eigenvalue weighted by Gasteiger charge is -2.54. The molecule has 31 heavy (non-hydrogen) atoms. The van der Waals surface area contributed by atoms with Gasteiger partial charge in [0.15, 0.2) is 11.6 Å². The summed E-state index contributed by atoms with van der Waals surface area (Å²) in [4.78, 5) is 14.3. The molecule has 4 rings (SSSR count). The van der Waals surface area contributed by atoms with Crippen LogP contribution in [-0.2, 0) is 0 Å². The molecule has 0 spiro atoms. The number of carbonyl (C=O) groups excluding carboxylic acids is 1. The first-order chi connectivity index (χ1) is 14.6. The smallest absolute Gasteiger partial charge is 0.256 e. The standard InChI is InChI=1S/C22H19F3IN3O2/c23-15-6-5-14(19(18(15)25)28-17-7-4-13(26)10-16(17)24)20(30)29-11-22(31,12-29)21(27)8-2-1-3-9-21/h1-8,10,28,31H,9,11-12,27H2/t21-/m1/s1. The van der Waals surface area contributed by atoms with Gasteiger partial charge in [-0.2, -0.15) is 0 Å². The van der Waals surface area contributed by atoms with E-state index in [4.69, 9.17) is 5.73 Å². The van der Waals surface area contributed by atoms with Gasteiger partial charge in [0, 0.05) is 3.57 Å². The van der Waals surface area contributed by atoms with Crippen molar-refractivity contribution < 1.29 is 23.1 Å². The maximum absolute atomic E-state index is 14.6. The van der Waals surface area contributed by atoms with Gasteiger partial charge in [0.2, 0.25) is 0 Å². The Morgan fingerprint density at radius 3 is 2.52 bits per heavy atom. The number of rotatable bonds is 4. The minimum absolute atomic E-state index is 0.0726. The van der Waals surface area contributed by atoms with E-state index in [2.05, 4.69) is 5.32 Å². The van der Waals surface area contributed by atoms with E-state index in [1.165, 1.54) is 17.0 Å². The van der Waals surface area contributed by atoms with Crippen molar-refractivity contribution in [2.45, 2.75) is 17.6 Å². The lowest BCUT2D eigenvalue weighted by molar-refractivity contribution is -0.117. The highest BCUT2D eigenvalue weighted by Crippen LogP contribution is 2.38. The van der Waals surface area contributed by atoms with Crippen molar-refractivity contribution in [2.24, 2.45) is 5.73 Å². The van der Waals surface area contributed by atoms with Crippen molar-refractivity contribution in [1.29, 1.82) is 0 Å². The van der Waals surface area contributed by atoms with Crippen LogP contribution in [0.5, 0.6) is 0 Å². The highest BCUT2D eigenvalue weighted by Gasteiger charge is 2.55. The average Bonchev–Trinajstić information content (AvgIpc) is 2.71. The van der Waals surface area contributed by atoms with Crippen LogP contribution in [0.3, 0.4) is 0 Å². The van der Waals surface area contributed by atoms with Crippen LogP contribution in [0.1, 0.15) is 16.8 Å². The molecule has 2 aromatic rings. The molecule has 5 nitrogen and oxygen atoms in total. The van der Waals surface area contributed by atoms with E-state index in [-0.39, 0.29) is 24.3 Å². The molecule has 0 bridgehead atoms. The van der Waals surface area contributed by atoms with Crippen molar-refractivity contribution in [3.8, 4) is 0 Å². The van der Waals surface area contributed by atoms with Crippen LogP contribution in [0, 0.1) is 21.0 Å². The average molecular weight is 541 g/mol. The first-order valence-electron chi connectivity index (χ1n) is 9.48. The van der Waals surface area contributed by atoms with Crippen molar-refractivity contribution in [2.75, 3.05) is 18.4 Å². The van der Waals surface area contributed by atoms with Gasteiger partial charge in [-0.1, -0.05) is 24.3 Å². The van der Waals surface area contributed by atoms with Gasteiger partial charge in [-0.15, -0.1) is 0 Å². The molecular formula is C22H19F3IN3O2.